The van der Waals surface area contributed by atoms with Crippen molar-refractivity contribution in [1.82, 2.24) is 5.16 Å². The van der Waals surface area contributed by atoms with Gasteiger partial charge in [0, 0.05) is 18.3 Å². The summed E-state index contributed by atoms with van der Waals surface area (Å²) < 4.78 is 31.5. The molecule has 0 unspecified atom stereocenters. The van der Waals surface area contributed by atoms with Gasteiger partial charge in [0.15, 0.2) is 0 Å². The van der Waals surface area contributed by atoms with Crippen molar-refractivity contribution < 1.29 is 17.7 Å². The lowest BCUT2D eigenvalue weighted by Gasteiger charge is -2.20. The summed E-state index contributed by atoms with van der Waals surface area (Å²) in [5, 5.41) is 6.61. The minimum absolute atomic E-state index is 0.104. The summed E-state index contributed by atoms with van der Waals surface area (Å²) >= 11 is 0. The molecule has 1 N–H and O–H groups in total. The molecule has 0 aliphatic carbocycles. The van der Waals surface area contributed by atoms with E-state index in [1.54, 1.807) is 25.1 Å². The van der Waals surface area contributed by atoms with E-state index in [4.69, 9.17) is 4.52 Å². The lowest BCUT2D eigenvalue weighted by molar-refractivity contribution is -0.115. The van der Waals surface area contributed by atoms with Crippen molar-refractivity contribution in [2.24, 2.45) is 0 Å². The average molecular weight is 377 g/mol. The molecule has 8 heteroatoms. The third-order valence-electron chi connectivity index (χ3n) is 4.33. The fraction of sp³-hybridized carbons (Fsp3) is 0.444. The molecule has 0 radical (unpaired) electrons. The second-order valence-corrected chi connectivity index (χ2v) is 8.50. The van der Waals surface area contributed by atoms with E-state index in [9.17, 15) is 13.2 Å². The second kappa shape index (κ2) is 7.49. The van der Waals surface area contributed by atoms with Crippen LogP contribution in [0.4, 0.5) is 11.4 Å². The molecule has 2 heterocycles. The van der Waals surface area contributed by atoms with Gasteiger partial charge in [-0.25, -0.2) is 8.42 Å². The fourth-order valence-electron chi connectivity index (χ4n) is 3.02. The highest BCUT2D eigenvalue weighted by molar-refractivity contribution is 7.92. The maximum Gasteiger partial charge on any atom is 0.235 e. The molecule has 0 saturated carbocycles. The Kier molecular flexibility index (Phi) is 5.31. The predicted octanol–water partition coefficient (Wildman–Crippen LogP) is 2.66. The first-order valence-corrected chi connectivity index (χ1v) is 10.4. The summed E-state index contributed by atoms with van der Waals surface area (Å²) in [6.07, 6.45) is 2.26. The highest BCUT2D eigenvalue weighted by Gasteiger charge is 2.29. The summed E-state index contributed by atoms with van der Waals surface area (Å²) in [4.78, 5) is 12.2. The van der Waals surface area contributed by atoms with Gasteiger partial charge >= 0.3 is 0 Å². The van der Waals surface area contributed by atoms with E-state index < -0.39 is 10.0 Å². The van der Waals surface area contributed by atoms with Crippen LogP contribution in [-0.2, 0) is 27.7 Å². The Balaban J connectivity index is 1.73. The third kappa shape index (κ3) is 4.07. The largest absolute Gasteiger partial charge is 0.361 e. The molecule has 2 aromatic rings. The van der Waals surface area contributed by atoms with Crippen LogP contribution in [0, 0.1) is 6.92 Å². The number of nitrogens with zero attached hydrogens (tertiary/aromatic N) is 2. The van der Waals surface area contributed by atoms with Gasteiger partial charge in [-0.15, -0.1) is 0 Å². The summed E-state index contributed by atoms with van der Waals surface area (Å²) in [5.74, 6) is 0.570. The molecular weight excluding hydrogens is 354 g/mol. The summed E-state index contributed by atoms with van der Waals surface area (Å²) in [6.45, 7) is 4.19. The van der Waals surface area contributed by atoms with Crippen molar-refractivity contribution in [3.63, 3.8) is 0 Å². The molecule has 1 aliphatic heterocycles. The number of hydrogen-bond acceptors (Lipinski definition) is 5. The van der Waals surface area contributed by atoms with E-state index in [-0.39, 0.29) is 18.1 Å². The van der Waals surface area contributed by atoms with E-state index in [0.717, 1.165) is 12.0 Å². The zero-order valence-electron chi connectivity index (χ0n) is 15.0. The Morgan fingerprint density at radius 2 is 2.15 bits per heavy atom. The van der Waals surface area contributed by atoms with Crippen LogP contribution in [0.3, 0.4) is 0 Å². The van der Waals surface area contributed by atoms with Gasteiger partial charge in [0.05, 0.1) is 23.6 Å². The first-order valence-electron chi connectivity index (χ1n) is 8.74. The number of unbranched alkanes of at least 4 members (excludes halogenated alkanes) is 1. The molecule has 0 fully saturated rings. The number of sulfonamides is 1. The number of amides is 1. The zero-order chi connectivity index (χ0) is 18.7. The molecule has 1 amide bonds. The molecule has 0 saturated heterocycles. The molecule has 3 rings (SSSR count). The number of aryl methyl sites for hydroxylation is 1. The van der Waals surface area contributed by atoms with Gasteiger partial charge in [-0.2, -0.15) is 0 Å². The van der Waals surface area contributed by atoms with Crippen LogP contribution < -0.4 is 9.62 Å². The Morgan fingerprint density at radius 3 is 2.85 bits per heavy atom. The van der Waals surface area contributed by atoms with Gasteiger partial charge in [-0.05, 0) is 37.5 Å². The third-order valence-corrected chi connectivity index (χ3v) is 6.19. The fourth-order valence-corrected chi connectivity index (χ4v) is 4.74. The number of anilines is 2. The number of hydrogen-bond donors (Lipinski definition) is 1. The van der Waals surface area contributed by atoms with Crippen molar-refractivity contribution in [3.8, 4) is 0 Å². The average Bonchev–Trinajstić information content (AvgIpc) is 3.19. The van der Waals surface area contributed by atoms with Crippen molar-refractivity contribution in [1.29, 1.82) is 0 Å². The van der Waals surface area contributed by atoms with Crippen LogP contribution in [0.15, 0.2) is 28.8 Å². The number of fused-ring (bicyclic) bond motifs is 1. The number of benzene rings is 1. The van der Waals surface area contributed by atoms with Gasteiger partial charge in [0.25, 0.3) is 0 Å². The van der Waals surface area contributed by atoms with E-state index in [1.807, 2.05) is 13.0 Å². The Hall–Kier alpha value is -2.35. The topological polar surface area (TPSA) is 92.5 Å². The van der Waals surface area contributed by atoms with Gasteiger partial charge in [0.1, 0.15) is 5.76 Å². The first-order chi connectivity index (χ1) is 12.4. The van der Waals surface area contributed by atoms with Crippen molar-refractivity contribution in [2.75, 3.05) is 21.9 Å². The highest BCUT2D eigenvalue weighted by Crippen LogP contribution is 2.33. The molecule has 1 aliphatic rings. The zero-order valence-corrected chi connectivity index (χ0v) is 15.8. The molecule has 26 heavy (non-hydrogen) atoms. The lowest BCUT2D eigenvalue weighted by Crippen LogP contribution is -2.31. The molecule has 140 valence electrons. The number of rotatable bonds is 7. The first kappa shape index (κ1) is 18.4. The summed E-state index contributed by atoms with van der Waals surface area (Å²) in [6, 6.07) is 7.12. The standard InChI is InChI=1S/C18H23N3O4S/c1-3-4-9-26(23,24)21-8-7-14-5-6-15(11-17(14)21)19-18(22)12-16-10-13(2)25-20-16/h5-6,10-11H,3-4,7-9,12H2,1-2H3,(H,19,22). The minimum atomic E-state index is -3.33. The normalized spacial score (nSPS) is 13.7. The van der Waals surface area contributed by atoms with Gasteiger partial charge in [-0.1, -0.05) is 24.6 Å². The van der Waals surface area contributed by atoms with Gasteiger partial charge in [-0.3, -0.25) is 9.10 Å². The quantitative estimate of drug-likeness (QED) is 0.801. The SMILES string of the molecule is CCCCS(=O)(=O)N1CCc2ccc(NC(=O)Cc3cc(C)on3)cc21. The summed E-state index contributed by atoms with van der Waals surface area (Å²) in [5.41, 5.74) is 2.78. The van der Waals surface area contributed by atoms with E-state index in [1.165, 1.54) is 4.31 Å². The van der Waals surface area contributed by atoms with Crippen LogP contribution in [0.2, 0.25) is 0 Å². The molecule has 0 bridgehead atoms. The molecule has 1 aromatic carbocycles. The van der Waals surface area contributed by atoms with Crippen LogP contribution >= 0.6 is 0 Å². The van der Waals surface area contributed by atoms with Crippen LogP contribution in [0.1, 0.15) is 36.8 Å². The molecule has 7 nitrogen and oxygen atoms in total. The van der Waals surface area contributed by atoms with Gasteiger partial charge < -0.3 is 9.84 Å². The minimum Gasteiger partial charge on any atom is -0.361 e. The number of carbonyl (C=O) groups excluding carboxylic acids is 1. The van der Waals surface area contributed by atoms with E-state index >= 15 is 0 Å². The predicted molar refractivity (Wildman–Crippen MR) is 99.8 cm³/mol. The van der Waals surface area contributed by atoms with Crippen LogP contribution in [0.25, 0.3) is 0 Å². The maximum absolute atomic E-state index is 12.6. The van der Waals surface area contributed by atoms with Crippen molar-refractivity contribution in [2.45, 2.75) is 39.5 Å². The molecule has 1 aromatic heterocycles. The second-order valence-electron chi connectivity index (χ2n) is 6.49. The number of carbonyl (C=O) groups is 1. The number of aromatic nitrogens is 1. The van der Waals surface area contributed by atoms with Gasteiger partial charge in [0.2, 0.25) is 15.9 Å². The Labute approximate surface area is 153 Å². The molecular formula is C18H23N3O4S. The molecule has 0 atom stereocenters. The maximum atomic E-state index is 12.6. The number of nitrogens with one attached hydrogen (secondary N) is 1. The van der Waals surface area contributed by atoms with E-state index in [2.05, 4.69) is 10.5 Å². The van der Waals surface area contributed by atoms with E-state index in [0.29, 0.717) is 42.2 Å². The lowest BCUT2D eigenvalue weighted by atomic mass is 10.1. The smallest absolute Gasteiger partial charge is 0.235 e. The monoisotopic (exact) mass is 377 g/mol. The van der Waals surface area contributed by atoms with Crippen LogP contribution in [0.5, 0.6) is 0 Å². The van der Waals surface area contributed by atoms with Crippen molar-refractivity contribution in [3.05, 3.63) is 41.3 Å². The van der Waals surface area contributed by atoms with Crippen LogP contribution in [-0.4, -0.2) is 31.8 Å². The summed E-state index contributed by atoms with van der Waals surface area (Å²) in [7, 11) is -3.33. The van der Waals surface area contributed by atoms with Crippen molar-refractivity contribution >= 4 is 27.3 Å². The Morgan fingerprint density at radius 1 is 1.35 bits per heavy atom. The highest BCUT2D eigenvalue weighted by atomic mass is 32.2. The molecule has 0 spiro atoms. The Bertz CT molecular complexity index is 905.